The smallest absolute Gasteiger partial charge is 0.0802 e. The van der Waals surface area contributed by atoms with Crippen molar-refractivity contribution in [1.82, 2.24) is 9.97 Å². The Morgan fingerprint density at radius 2 is 1.85 bits per heavy atom. The van der Waals surface area contributed by atoms with Gasteiger partial charge in [-0.15, -0.1) is 0 Å². The minimum absolute atomic E-state index is 0.102. The molecule has 0 saturated carbocycles. The second-order valence-corrected chi connectivity index (χ2v) is 8.29. The van der Waals surface area contributed by atoms with Crippen LogP contribution in [0.2, 0.25) is 0 Å². The van der Waals surface area contributed by atoms with Crippen LogP contribution in [0.5, 0.6) is 0 Å². The fraction of sp³-hybridized carbons (Fsp3) is 0.280. The molecular formula is C25H24N2. The molecule has 0 saturated heterocycles. The first-order valence-corrected chi connectivity index (χ1v) is 9.85. The zero-order valence-electron chi connectivity index (χ0n) is 16.4. The highest BCUT2D eigenvalue weighted by Gasteiger charge is 2.36. The largest absolute Gasteiger partial charge is 0.255 e. The molecule has 2 heterocycles. The van der Waals surface area contributed by atoms with Crippen molar-refractivity contribution in [3.05, 3.63) is 71.5 Å². The highest BCUT2D eigenvalue weighted by Crippen LogP contribution is 2.50. The van der Waals surface area contributed by atoms with Crippen LogP contribution >= 0.6 is 0 Å². The minimum atomic E-state index is -0.102. The molecule has 2 aromatic carbocycles. The van der Waals surface area contributed by atoms with Crippen molar-refractivity contribution < 1.29 is 0 Å². The van der Waals surface area contributed by atoms with E-state index in [1.54, 1.807) is 0 Å². The third kappa shape index (κ3) is 2.19. The molecule has 0 bridgehead atoms. The van der Waals surface area contributed by atoms with E-state index in [2.05, 4.69) is 76.2 Å². The normalized spacial score (nSPS) is 15.7. The molecule has 27 heavy (non-hydrogen) atoms. The van der Waals surface area contributed by atoms with Crippen LogP contribution in [0.15, 0.2) is 54.7 Å². The van der Waals surface area contributed by atoms with Crippen molar-refractivity contribution in [1.29, 1.82) is 0 Å². The lowest BCUT2D eigenvalue weighted by molar-refractivity contribution is 0.641. The Bertz CT molecular complexity index is 1200. The van der Waals surface area contributed by atoms with Crippen molar-refractivity contribution in [3.63, 3.8) is 0 Å². The quantitative estimate of drug-likeness (QED) is 0.406. The standard InChI is InChI=1S/C25H24N2/c1-5-15(2)21-14-19-22-20(27-21)12-13-26-24(22)18-11-10-16-8-6-7-9-17(16)23(18)25(19,3)4/h6-15H,5H2,1-4H3. The Morgan fingerprint density at radius 1 is 1.04 bits per heavy atom. The monoisotopic (exact) mass is 352 g/mol. The van der Waals surface area contributed by atoms with Gasteiger partial charge in [-0.05, 0) is 46.4 Å². The van der Waals surface area contributed by atoms with E-state index in [-0.39, 0.29) is 5.41 Å². The van der Waals surface area contributed by atoms with Gasteiger partial charge in [0.2, 0.25) is 0 Å². The maximum absolute atomic E-state index is 5.01. The SMILES string of the molecule is CCC(C)c1cc2c3c(nccc3n1)-c1ccc3ccccc3c1C2(C)C. The van der Waals surface area contributed by atoms with Crippen LogP contribution in [0, 0.1) is 0 Å². The van der Waals surface area contributed by atoms with Crippen molar-refractivity contribution in [3.8, 4) is 11.3 Å². The molecule has 0 amide bonds. The third-order valence-corrected chi connectivity index (χ3v) is 6.34. The molecule has 2 nitrogen and oxygen atoms in total. The van der Waals surface area contributed by atoms with Gasteiger partial charge in [0.1, 0.15) is 0 Å². The molecule has 5 rings (SSSR count). The topological polar surface area (TPSA) is 25.8 Å². The van der Waals surface area contributed by atoms with E-state index in [4.69, 9.17) is 9.97 Å². The number of hydrogen-bond donors (Lipinski definition) is 0. The summed E-state index contributed by atoms with van der Waals surface area (Å²) in [4.78, 5) is 9.82. The molecule has 0 spiro atoms. The third-order valence-electron chi connectivity index (χ3n) is 6.34. The van der Waals surface area contributed by atoms with Crippen LogP contribution in [0.3, 0.4) is 0 Å². The average Bonchev–Trinajstić information content (AvgIpc) is 2.70. The van der Waals surface area contributed by atoms with Crippen molar-refractivity contribution in [2.75, 3.05) is 0 Å². The summed E-state index contributed by atoms with van der Waals surface area (Å²) < 4.78 is 0. The number of rotatable bonds is 2. The van der Waals surface area contributed by atoms with Crippen LogP contribution in [-0.2, 0) is 5.41 Å². The van der Waals surface area contributed by atoms with E-state index in [1.165, 1.54) is 38.5 Å². The zero-order chi connectivity index (χ0) is 18.8. The molecular weight excluding hydrogens is 328 g/mol. The van der Waals surface area contributed by atoms with E-state index < -0.39 is 0 Å². The lowest BCUT2D eigenvalue weighted by Gasteiger charge is -2.36. The van der Waals surface area contributed by atoms with Crippen LogP contribution in [-0.4, -0.2) is 9.97 Å². The average molecular weight is 352 g/mol. The molecule has 1 atom stereocenters. The van der Waals surface area contributed by atoms with Gasteiger partial charge >= 0.3 is 0 Å². The van der Waals surface area contributed by atoms with Gasteiger partial charge in [0.05, 0.1) is 11.2 Å². The molecule has 0 aliphatic heterocycles. The van der Waals surface area contributed by atoms with Crippen molar-refractivity contribution in [2.45, 2.75) is 45.4 Å². The summed E-state index contributed by atoms with van der Waals surface area (Å²) >= 11 is 0. The number of aromatic nitrogens is 2. The van der Waals surface area contributed by atoms with E-state index in [0.717, 1.165) is 17.6 Å². The molecule has 0 N–H and O–H groups in total. The predicted octanol–water partition coefficient (Wildman–Crippen LogP) is 6.60. The molecule has 1 aliphatic rings. The summed E-state index contributed by atoms with van der Waals surface area (Å²) in [5, 5.41) is 3.83. The molecule has 2 aromatic heterocycles. The fourth-order valence-corrected chi connectivity index (χ4v) is 4.64. The summed E-state index contributed by atoms with van der Waals surface area (Å²) in [5.41, 5.74) is 7.22. The molecule has 4 aromatic rings. The molecule has 1 aliphatic carbocycles. The zero-order valence-corrected chi connectivity index (χ0v) is 16.4. The molecule has 134 valence electrons. The molecule has 2 heteroatoms. The molecule has 0 fully saturated rings. The van der Waals surface area contributed by atoms with E-state index >= 15 is 0 Å². The van der Waals surface area contributed by atoms with E-state index in [0.29, 0.717) is 5.92 Å². The number of pyridine rings is 2. The second-order valence-electron chi connectivity index (χ2n) is 8.29. The molecule has 0 radical (unpaired) electrons. The summed E-state index contributed by atoms with van der Waals surface area (Å²) in [5.74, 6) is 0.451. The van der Waals surface area contributed by atoms with Crippen molar-refractivity contribution >= 4 is 21.7 Å². The van der Waals surface area contributed by atoms with Crippen LogP contribution in [0.1, 0.15) is 56.9 Å². The van der Waals surface area contributed by atoms with Gasteiger partial charge in [0, 0.05) is 28.3 Å². The summed E-state index contributed by atoms with van der Waals surface area (Å²) in [6.07, 6.45) is 3.00. The first kappa shape index (κ1) is 16.4. The molecule has 1 unspecified atom stereocenters. The Kier molecular flexibility index (Phi) is 3.42. The second kappa shape index (κ2) is 5.63. The number of benzene rings is 2. The lowest BCUT2D eigenvalue weighted by atomic mass is 9.68. The summed E-state index contributed by atoms with van der Waals surface area (Å²) in [6, 6.07) is 17.6. The van der Waals surface area contributed by atoms with Crippen LogP contribution in [0.25, 0.3) is 32.9 Å². The van der Waals surface area contributed by atoms with Gasteiger partial charge in [-0.3, -0.25) is 9.97 Å². The van der Waals surface area contributed by atoms with Crippen LogP contribution < -0.4 is 0 Å². The summed E-state index contributed by atoms with van der Waals surface area (Å²) in [7, 11) is 0. The fourth-order valence-electron chi connectivity index (χ4n) is 4.64. The Morgan fingerprint density at radius 3 is 2.67 bits per heavy atom. The van der Waals surface area contributed by atoms with Gasteiger partial charge in [-0.1, -0.05) is 64.1 Å². The number of hydrogen-bond acceptors (Lipinski definition) is 2. The van der Waals surface area contributed by atoms with E-state index in [9.17, 15) is 0 Å². The van der Waals surface area contributed by atoms with Gasteiger partial charge in [0.15, 0.2) is 0 Å². The van der Waals surface area contributed by atoms with E-state index in [1.807, 2.05) is 6.20 Å². The Hall–Kier alpha value is -2.74. The first-order chi connectivity index (χ1) is 13.0. The first-order valence-electron chi connectivity index (χ1n) is 9.85. The maximum Gasteiger partial charge on any atom is 0.0802 e. The lowest BCUT2D eigenvalue weighted by Crippen LogP contribution is -2.25. The van der Waals surface area contributed by atoms with Gasteiger partial charge in [-0.25, -0.2) is 0 Å². The highest BCUT2D eigenvalue weighted by molar-refractivity contribution is 6.04. The van der Waals surface area contributed by atoms with Gasteiger partial charge < -0.3 is 0 Å². The number of fused-ring (bicyclic) bond motifs is 4. The Balaban J connectivity index is 1.96. The van der Waals surface area contributed by atoms with Crippen LogP contribution in [0.4, 0.5) is 0 Å². The Labute approximate surface area is 160 Å². The summed E-state index contributed by atoms with van der Waals surface area (Å²) in [6.45, 7) is 9.20. The van der Waals surface area contributed by atoms with Gasteiger partial charge in [0.25, 0.3) is 0 Å². The van der Waals surface area contributed by atoms with Crippen molar-refractivity contribution in [2.24, 2.45) is 0 Å². The number of nitrogens with zero attached hydrogens (tertiary/aromatic N) is 2. The minimum Gasteiger partial charge on any atom is -0.255 e. The highest BCUT2D eigenvalue weighted by atomic mass is 14.8. The van der Waals surface area contributed by atoms with Gasteiger partial charge in [-0.2, -0.15) is 0 Å². The predicted molar refractivity (Wildman–Crippen MR) is 113 cm³/mol. The maximum atomic E-state index is 5.01.